The molecule has 0 saturated heterocycles. The van der Waals surface area contributed by atoms with E-state index in [4.69, 9.17) is 4.74 Å². The first kappa shape index (κ1) is 18.6. The van der Waals surface area contributed by atoms with Gasteiger partial charge in [-0.05, 0) is 36.4 Å². The van der Waals surface area contributed by atoms with Crippen molar-refractivity contribution in [1.29, 1.82) is 0 Å². The van der Waals surface area contributed by atoms with Crippen LogP contribution in [0.25, 0.3) is 0 Å². The lowest BCUT2D eigenvalue weighted by atomic mass is 10.3. The van der Waals surface area contributed by atoms with Crippen molar-refractivity contribution in [3.63, 3.8) is 0 Å². The number of benzene rings is 2. The topological polar surface area (TPSA) is 96.5 Å². The van der Waals surface area contributed by atoms with Gasteiger partial charge in [0.25, 0.3) is 5.91 Å². The van der Waals surface area contributed by atoms with Gasteiger partial charge in [-0.3, -0.25) is 9.52 Å². The highest BCUT2D eigenvalue weighted by atomic mass is 32.2. The highest BCUT2D eigenvalue weighted by Crippen LogP contribution is 2.16. The Morgan fingerprint density at radius 2 is 1.64 bits per heavy atom. The van der Waals surface area contributed by atoms with E-state index >= 15 is 0 Å². The Morgan fingerprint density at radius 3 is 2.28 bits per heavy atom. The van der Waals surface area contributed by atoms with Crippen LogP contribution in [0, 0.1) is 0 Å². The molecule has 0 fully saturated rings. The molecule has 0 heterocycles. The Morgan fingerprint density at radius 1 is 0.960 bits per heavy atom. The van der Waals surface area contributed by atoms with Gasteiger partial charge in [-0.25, -0.2) is 8.42 Å². The summed E-state index contributed by atoms with van der Waals surface area (Å²) in [4.78, 5) is 11.7. The number of para-hydroxylation sites is 1. The molecule has 7 nitrogen and oxygen atoms in total. The van der Waals surface area contributed by atoms with Crippen molar-refractivity contribution in [2.45, 2.75) is 0 Å². The molecule has 2 aromatic rings. The molecule has 25 heavy (non-hydrogen) atoms. The lowest BCUT2D eigenvalue weighted by Gasteiger charge is -2.10. The molecule has 2 rings (SSSR count). The van der Waals surface area contributed by atoms with Gasteiger partial charge in [-0.2, -0.15) is 0 Å². The van der Waals surface area contributed by atoms with Crippen LogP contribution < -0.4 is 20.1 Å². The van der Waals surface area contributed by atoms with E-state index in [9.17, 15) is 13.2 Å². The lowest BCUT2D eigenvalue weighted by Crippen LogP contribution is -2.32. The van der Waals surface area contributed by atoms with E-state index in [-0.39, 0.29) is 12.5 Å². The number of rotatable bonds is 9. The summed E-state index contributed by atoms with van der Waals surface area (Å²) in [7, 11) is -3.31. The van der Waals surface area contributed by atoms with Crippen LogP contribution in [0.4, 0.5) is 11.4 Å². The third-order valence-corrected chi connectivity index (χ3v) is 3.68. The monoisotopic (exact) mass is 363 g/mol. The van der Waals surface area contributed by atoms with Crippen LogP contribution in [0.15, 0.2) is 54.6 Å². The lowest BCUT2D eigenvalue weighted by molar-refractivity contribution is -0.123. The van der Waals surface area contributed by atoms with Crippen LogP contribution in [0.3, 0.4) is 0 Å². The summed E-state index contributed by atoms with van der Waals surface area (Å²) in [5.41, 5.74) is 1.43. The molecule has 134 valence electrons. The van der Waals surface area contributed by atoms with Crippen molar-refractivity contribution in [1.82, 2.24) is 5.32 Å². The third kappa shape index (κ3) is 7.58. The molecule has 0 saturated carbocycles. The van der Waals surface area contributed by atoms with Gasteiger partial charge in [0.15, 0.2) is 6.61 Å². The van der Waals surface area contributed by atoms with Crippen molar-refractivity contribution in [2.75, 3.05) is 36.0 Å². The highest BCUT2D eigenvalue weighted by Gasteiger charge is 2.04. The second kappa shape index (κ2) is 8.93. The molecule has 0 radical (unpaired) electrons. The quantitative estimate of drug-likeness (QED) is 0.589. The molecule has 0 aliphatic heterocycles. The third-order valence-electron chi connectivity index (χ3n) is 3.08. The van der Waals surface area contributed by atoms with Gasteiger partial charge in [0.1, 0.15) is 5.75 Å². The minimum atomic E-state index is -3.31. The van der Waals surface area contributed by atoms with Crippen molar-refractivity contribution >= 4 is 27.3 Å². The van der Waals surface area contributed by atoms with E-state index in [1.165, 1.54) is 0 Å². The molecule has 2 aromatic carbocycles. The van der Waals surface area contributed by atoms with Gasteiger partial charge in [-0.15, -0.1) is 0 Å². The van der Waals surface area contributed by atoms with E-state index < -0.39 is 10.0 Å². The van der Waals surface area contributed by atoms with Crippen LogP contribution in [-0.4, -0.2) is 40.3 Å². The Labute approximate surface area is 147 Å². The minimum absolute atomic E-state index is 0.107. The molecule has 0 unspecified atom stereocenters. The first-order valence-electron chi connectivity index (χ1n) is 7.69. The molecule has 0 spiro atoms. The smallest absolute Gasteiger partial charge is 0.258 e. The molecule has 0 atom stereocenters. The van der Waals surface area contributed by atoms with E-state index in [1.807, 2.05) is 30.3 Å². The van der Waals surface area contributed by atoms with Gasteiger partial charge in [0.2, 0.25) is 10.0 Å². The Kier molecular flexibility index (Phi) is 6.64. The van der Waals surface area contributed by atoms with Gasteiger partial charge >= 0.3 is 0 Å². The average molecular weight is 363 g/mol. The molecule has 3 N–H and O–H groups in total. The summed E-state index contributed by atoms with van der Waals surface area (Å²) in [6, 6.07) is 16.0. The van der Waals surface area contributed by atoms with E-state index in [1.54, 1.807) is 24.3 Å². The maximum absolute atomic E-state index is 11.7. The predicted octanol–water partition coefficient (Wildman–Crippen LogP) is 1.67. The molecule has 8 heteroatoms. The first-order valence-corrected chi connectivity index (χ1v) is 9.58. The van der Waals surface area contributed by atoms with Crippen molar-refractivity contribution in [3.8, 4) is 5.75 Å². The largest absolute Gasteiger partial charge is 0.484 e. The van der Waals surface area contributed by atoms with Crippen LogP contribution in [-0.2, 0) is 14.8 Å². The van der Waals surface area contributed by atoms with Crippen molar-refractivity contribution in [3.05, 3.63) is 54.6 Å². The maximum atomic E-state index is 11.7. The number of nitrogens with one attached hydrogen (secondary N) is 3. The van der Waals surface area contributed by atoms with Gasteiger partial charge in [0, 0.05) is 24.5 Å². The number of amides is 1. The van der Waals surface area contributed by atoms with E-state index in [0.29, 0.717) is 24.5 Å². The number of hydrogen-bond acceptors (Lipinski definition) is 5. The van der Waals surface area contributed by atoms with Crippen LogP contribution >= 0.6 is 0 Å². The summed E-state index contributed by atoms with van der Waals surface area (Å²) >= 11 is 0. The summed E-state index contributed by atoms with van der Waals surface area (Å²) in [5.74, 6) is 0.254. The number of sulfonamides is 1. The zero-order valence-corrected chi connectivity index (χ0v) is 14.7. The number of carbonyl (C=O) groups is 1. The summed E-state index contributed by atoms with van der Waals surface area (Å²) in [6.07, 6.45) is 1.08. The fourth-order valence-corrected chi connectivity index (χ4v) is 2.56. The Balaban J connectivity index is 1.66. The zero-order valence-electron chi connectivity index (χ0n) is 13.9. The van der Waals surface area contributed by atoms with Gasteiger partial charge in [-0.1, -0.05) is 18.2 Å². The number of carbonyl (C=O) groups excluding carboxylic acids is 1. The SMILES string of the molecule is CS(=O)(=O)Nc1ccc(OCC(=O)NCCNc2ccccc2)cc1. The van der Waals surface area contributed by atoms with Gasteiger partial charge < -0.3 is 15.4 Å². The molecular formula is C17H21N3O4S. The molecule has 0 aromatic heterocycles. The van der Waals surface area contributed by atoms with E-state index in [0.717, 1.165) is 11.9 Å². The number of anilines is 2. The van der Waals surface area contributed by atoms with Crippen LogP contribution in [0.2, 0.25) is 0 Å². The number of hydrogen-bond donors (Lipinski definition) is 3. The summed E-state index contributed by atoms with van der Waals surface area (Å²) < 4.78 is 29.9. The average Bonchev–Trinajstić information content (AvgIpc) is 2.58. The fraction of sp³-hybridized carbons (Fsp3) is 0.235. The zero-order chi connectivity index (χ0) is 18.1. The van der Waals surface area contributed by atoms with Crippen LogP contribution in [0.5, 0.6) is 5.75 Å². The second-order valence-electron chi connectivity index (χ2n) is 5.33. The molecule has 0 bridgehead atoms. The second-order valence-corrected chi connectivity index (χ2v) is 7.08. The normalized spacial score (nSPS) is 10.8. The van der Waals surface area contributed by atoms with E-state index in [2.05, 4.69) is 15.4 Å². The molecule has 0 aliphatic carbocycles. The number of ether oxygens (including phenoxy) is 1. The minimum Gasteiger partial charge on any atom is -0.484 e. The standard InChI is InChI=1S/C17H21N3O4S/c1-25(22,23)20-15-7-9-16(10-8-15)24-13-17(21)19-12-11-18-14-5-3-2-4-6-14/h2-10,18,20H,11-13H2,1H3,(H,19,21). The highest BCUT2D eigenvalue weighted by molar-refractivity contribution is 7.92. The van der Waals surface area contributed by atoms with Crippen molar-refractivity contribution < 1.29 is 17.9 Å². The fourth-order valence-electron chi connectivity index (χ4n) is 2.00. The van der Waals surface area contributed by atoms with Gasteiger partial charge in [0.05, 0.1) is 6.26 Å². The van der Waals surface area contributed by atoms with Crippen molar-refractivity contribution in [2.24, 2.45) is 0 Å². The summed E-state index contributed by atoms with van der Waals surface area (Å²) in [5, 5.41) is 5.93. The Hall–Kier alpha value is -2.74. The summed E-state index contributed by atoms with van der Waals surface area (Å²) in [6.45, 7) is 0.986. The first-order chi connectivity index (χ1) is 11.9. The Bertz CT molecular complexity index is 777. The molecule has 1 amide bonds. The maximum Gasteiger partial charge on any atom is 0.258 e. The molecule has 0 aliphatic rings. The molecular weight excluding hydrogens is 342 g/mol. The van der Waals surface area contributed by atoms with Crippen LogP contribution in [0.1, 0.15) is 0 Å². The predicted molar refractivity (Wildman–Crippen MR) is 98.3 cm³/mol.